The minimum atomic E-state index is -0.350. The second kappa shape index (κ2) is 9.29. The third-order valence-electron chi connectivity index (χ3n) is 4.15. The Hall–Kier alpha value is -3.26. The summed E-state index contributed by atoms with van der Waals surface area (Å²) in [5.74, 6) is 0.959. The van der Waals surface area contributed by atoms with Crippen molar-refractivity contribution < 1.29 is 19.0 Å². The van der Waals surface area contributed by atoms with Crippen LogP contribution in [-0.2, 0) is 0 Å². The first-order chi connectivity index (χ1) is 14.0. The van der Waals surface area contributed by atoms with E-state index in [9.17, 15) is 4.79 Å². The quantitative estimate of drug-likeness (QED) is 0.536. The third kappa shape index (κ3) is 4.78. The summed E-state index contributed by atoms with van der Waals surface area (Å²) in [5, 5.41) is 2.51. The first-order valence-electron chi connectivity index (χ1n) is 9.03. The molecule has 0 atom stereocenters. The number of hydrazine groups is 1. The van der Waals surface area contributed by atoms with Crippen LogP contribution in [0.15, 0.2) is 41.8 Å². The van der Waals surface area contributed by atoms with Crippen molar-refractivity contribution in [3.63, 3.8) is 0 Å². The molecule has 0 bridgehead atoms. The van der Waals surface area contributed by atoms with Crippen LogP contribution in [0.2, 0.25) is 0 Å². The van der Waals surface area contributed by atoms with Gasteiger partial charge in [0.2, 0.25) is 10.9 Å². The Bertz CT molecular complexity index is 961. The van der Waals surface area contributed by atoms with Gasteiger partial charge in [-0.25, -0.2) is 4.98 Å². The summed E-state index contributed by atoms with van der Waals surface area (Å²) in [6.45, 7) is 4.35. The summed E-state index contributed by atoms with van der Waals surface area (Å²) in [4.78, 5) is 17.1. The average molecular weight is 413 g/mol. The maximum absolute atomic E-state index is 12.6. The number of anilines is 1. The molecule has 2 aromatic carbocycles. The summed E-state index contributed by atoms with van der Waals surface area (Å²) in [6.07, 6.45) is 0. The van der Waals surface area contributed by atoms with Crippen LogP contribution in [0.5, 0.6) is 17.2 Å². The maximum Gasteiger partial charge on any atom is 0.269 e. The molecule has 8 heteroatoms. The Labute approximate surface area is 173 Å². The number of benzene rings is 2. The van der Waals surface area contributed by atoms with E-state index in [1.165, 1.54) is 31.1 Å². The number of hydrogen-bond acceptors (Lipinski definition) is 7. The highest BCUT2D eigenvalue weighted by molar-refractivity contribution is 7.14. The van der Waals surface area contributed by atoms with Gasteiger partial charge >= 0.3 is 0 Å². The Balaban J connectivity index is 1.72. The molecule has 0 saturated heterocycles. The minimum Gasteiger partial charge on any atom is -0.493 e. The number of aryl methyl sites for hydroxylation is 1. The molecule has 0 aliphatic carbocycles. The van der Waals surface area contributed by atoms with Crippen LogP contribution in [0.25, 0.3) is 11.3 Å². The van der Waals surface area contributed by atoms with Crippen molar-refractivity contribution in [3.8, 4) is 28.5 Å². The first kappa shape index (κ1) is 20.5. The molecule has 0 radical (unpaired) electrons. The fourth-order valence-electron chi connectivity index (χ4n) is 2.67. The van der Waals surface area contributed by atoms with E-state index in [0.717, 1.165) is 11.3 Å². The van der Waals surface area contributed by atoms with Crippen molar-refractivity contribution in [2.45, 2.75) is 13.8 Å². The van der Waals surface area contributed by atoms with Gasteiger partial charge in [-0.1, -0.05) is 29.8 Å². The number of aromatic nitrogens is 1. The highest BCUT2D eigenvalue weighted by Gasteiger charge is 2.17. The van der Waals surface area contributed by atoms with E-state index in [4.69, 9.17) is 14.2 Å². The lowest BCUT2D eigenvalue weighted by atomic mass is 10.1. The number of hydrogen-bond donors (Lipinski definition) is 2. The summed E-state index contributed by atoms with van der Waals surface area (Å²) < 4.78 is 16.2. The zero-order valence-electron chi connectivity index (χ0n) is 16.7. The number of carbonyl (C=O) groups is 1. The van der Waals surface area contributed by atoms with Crippen LogP contribution in [-0.4, -0.2) is 31.7 Å². The molecule has 0 spiro atoms. The number of ether oxygens (including phenoxy) is 3. The van der Waals surface area contributed by atoms with Crippen molar-refractivity contribution in [1.29, 1.82) is 0 Å². The fourth-order valence-corrected chi connectivity index (χ4v) is 3.34. The molecule has 2 N–H and O–H groups in total. The van der Waals surface area contributed by atoms with Crippen LogP contribution < -0.4 is 25.1 Å². The Morgan fingerprint density at radius 2 is 1.76 bits per heavy atom. The fraction of sp³-hybridized carbons (Fsp3) is 0.238. The van der Waals surface area contributed by atoms with E-state index in [1.807, 2.05) is 43.5 Å². The number of carbonyl (C=O) groups excluding carboxylic acids is 1. The smallest absolute Gasteiger partial charge is 0.269 e. The van der Waals surface area contributed by atoms with Gasteiger partial charge in [0, 0.05) is 16.5 Å². The molecule has 0 fully saturated rings. The molecule has 29 heavy (non-hydrogen) atoms. The van der Waals surface area contributed by atoms with Gasteiger partial charge in [0.1, 0.15) is 0 Å². The Kier molecular flexibility index (Phi) is 6.56. The van der Waals surface area contributed by atoms with Gasteiger partial charge in [0.15, 0.2) is 11.5 Å². The minimum absolute atomic E-state index is 0.350. The van der Waals surface area contributed by atoms with Crippen LogP contribution in [0.1, 0.15) is 22.8 Å². The van der Waals surface area contributed by atoms with Crippen LogP contribution in [0.3, 0.4) is 0 Å². The second-order valence-electron chi connectivity index (χ2n) is 6.13. The van der Waals surface area contributed by atoms with Crippen molar-refractivity contribution >= 4 is 22.4 Å². The van der Waals surface area contributed by atoms with Gasteiger partial charge in [0.25, 0.3) is 5.91 Å². The van der Waals surface area contributed by atoms with Crippen LogP contribution in [0.4, 0.5) is 5.13 Å². The SMILES string of the molecule is CCOc1c(OC)cc(C(=O)NNc2nc(-c3ccc(C)cc3)cs2)cc1OC. The van der Waals surface area contributed by atoms with Gasteiger partial charge in [-0.2, -0.15) is 0 Å². The Morgan fingerprint density at radius 3 is 2.34 bits per heavy atom. The second-order valence-corrected chi connectivity index (χ2v) is 6.98. The van der Waals surface area contributed by atoms with E-state index < -0.39 is 0 Å². The monoisotopic (exact) mass is 413 g/mol. The van der Waals surface area contributed by atoms with E-state index in [1.54, 1.807) is 12.1 Å². The van der Waals surface area contributed by atoms with E-state index in [-0.39, 0.29) is 5.91 Å². The highest BCUT2D eigenvalue weighted by atomic mass is 32.1. The first-order valence-corrected chi connectivity index (χ1v) is 9.91. The number of nitrogens with one attached hydrogen (secondary N) is 2. The zero-order chi connectivity index (χ0) is 20.8. The number of amides is 1. The molecule has 3 rings (SSSR count). The molecule has 0 aliphatic rings. The molecular weight excluding hydrogens is 390 g/mol. The van der Waals surface area contributed by atoms with Gasteiger partial charge in [0.05, 0.1) is 26.5 Å². The summed E-state index contributed by atoms with van der Waals surface area (Å²) >= 11 is 1.40. The lowest BCUT2D eigenvalue weighted by Gasteiger charge is -2.15. The van der Waals surface area contributed by atoms with Gasteiger partial charge in [-0.05, 0) is 26.0 Å². The predicted molar refractivity (Wildman–Crippen MR) is 114 cm³/mol. The van der Waals surface area contributed by atoms with E-state index in [2.05, 4.69) is 15.8 Å². The van der Waals surface area contributed by atoms with Crippen LogP contribution in [0, 0.1) is 6.92 Å². The molecule has 7 nitrogen and oxygen atoms in total. The van der Waals surface area contributed by atoms with Crippen molar-refractivity contribution in [3.05, 3.63) is 52.9 Å². The van der Waals surface area contributed by atoms with Crippen molar-refractivity contribution in [2.24, 2.45) is 0 Å². The van der Waals surface area contributed by atoms with Crippen molar-refractivity contribution in [1.82, 2.24) is 10.4 Å². The van der Waals surface area contributed by atoms with Crippen molar-refractivity contribution in [2.75, 3.05) is 26.3 Å². The summed E-state index contributed by atoms with van der Waals surface area (Å²) in [7, 11) is 3.03. The van der Waals surface area contributed by atoms with Gasteiger partial charge in [-0.15, -0.1) is 11.3 Å². The topological polar surface area (TPSA) is 81.7 Å². The molecule has 1 amide bonds. The largest absolute Gasteiger partial charge is 0.493 e. The van der Waals surface area contributed by atoms with E-state index in [0.29, 0.717) is 34.6 Å². The standard InChI is InChI=1S/C21H23N3O4S/c1-5-28-19-17(26-3)10-15(11-18(19)27-4)20(25)23-24-21-22-16(12-29-21)14-8-6-13(2)7-9-14/h6-12H,5H2,1-4H3,(H,22,24)(H,23,25). The maximum atomic E-state index is 12.6. The average Bonchev–Trinajstić information content (AvgIpc) is 3.21. The molecule has 0 unspecified atom stereocenters. The number of methoxy groups -OCH3 is 2. The lowest BCUT2D eigenvalue weighted by Crippen LogP contribution is -2.29. The third-order valence-corrected chi connectivity index (χ3v) is 4.90. The molecule has 1 heterocycles. The molecule has 152 valence electrons. The number of thiazole rings is 1. The van der Waals surface area contributed by atoms with Crippen LogP contribution >= 0.6 is 11.3 Å². The lowest BCUT2D eigenvalue weighted by molar-refractivity contribution is 0.0962. The highest BCUT2D eigenvalue weighted by Crippen LogP contribution is 2.38. The van der Waals surface area contributed by atoms with Gasteiger partial charge < -0.3 is 14.2 Å². The summed E-state index contributed by atoms with van der Waals surface area (Å²) in [5.41, 5.74) is 8.92. The predicted octanol–water partition coefficient (Wildman–Crippen LogP) is 4.29. The normalized spacial score (nSPS) is 10.3. The molecular formula is C21H23N3O4S. The zero-order valence-corrected chi connectivity index (χ0v) is 17.6. The van der Waals surface area contributed by atoms with Gasteiger partial charge in [-0.3, -0.25) is 15.6 Å². The Morgan fingerprint density at radius 1 is 1.10 bits per heavy atom. The molecule has 3 aromatic rings. The molecule has 0 saturated carbocycles. The van der Waals surface area contributed by atoms with E-state index >= 15 is 0 Å². The molecule has 0 aliphatic heterocycles. The number of nitrogens with zero attached hydrogens (tertiary/aromatic N) is 1. The molecule has 1 aromatic heterocycles. The number of rotatable bonds is 8. The summed E-state index contributed by atoms with van der Waals surface area (Å²) in [6, 6.07) is 11.3.